The van der Waals surface area contributed by atoms with Gasteiger partial charge in [-0.25, -0.2) is 0 Å². The van der Waals surface area contributed by atoms with E-state index in [9.17, 15) is 4.79 Å². The molecule has 25 heavy (non-hydrogen) atoms. The molecule has 1 amide bonds. The van der Waals surface area contributed by atoms with Gasteiger partial charge in [0.15, 0.2) is 0 Å². The van der Waals surface area contributed by atoms with Crippen LogP contribution in [0.25, 0.3) is 0 Å². The predicted octanol–water partition coefficient (Wildman–Crippen LogP) is 3.84. The number of para-hydroxylation sites is 2. The van der Waals surface area contributed by atoms with Gasteiger partial charge in [0.2, 0.25) is 0 Å². The Morgan fingerprint density at radius 1 is 0.960 bits per heavy atom. The Kier molecular flexibility index (Phi) is 5.71. The van der Waals surface area contributed by atoms with Crippen LogP contribution in [0.3, 0.4) is 0 Å². The largest absolute Gasteiger partial charge is 0.355 e. The fourth-order valence-electron chi connectivity index (χ4n) is 3.28. The maximum absolute atomic E-state index is 13.0. The van der Waals surface area contributed by atoms with Crippen LogP contribution in [0.5, 0.6) is 0 Å². The van der Waals surface area contributed by atoms with Gasteiger partial charge in [-0.3, -0.25) is 9.69 Å². The van der Waals surface area contributed by atoms with E-state index in [1.165, 1.54) is 0 Å². The Morgan fingerprint density at radius 2 is 1.60 bits per heavy atom. The SMILES string of the molecule is CC(C)CN1CCN(C(=O)c2ccccc2Nc2ccccc2)CC1. The number of piperazine rings is 1. The van der Waals surface area contributed by atoms with Gasteiger partial charge in [-0.1, -0.05) is 44.2 Å². The summed E-state index contributed by atoms with van der Waals surface area (Å²) in [6, 6.07) is 17.7. The molecular weight excluding hydrogens is 310 g/mol. The first-order chi connectivity index (χ1) is 12.1. The molecule has 1 aliphatic heterocycles. The average Bonchev–Trinajstić information content (AvgIpc) is 2.63. The van der Waals surface area contributed by atoms with Gasteiger partial charge in [-0.05, 0) is 30.2 Å². The first-order valence-electron chi connectivity index (χ1n) is 9.06. The van der Waals surface area contributed by atoms with Crippen LogP contribution < -0.4 is 5.32 Å². The highest BCUT2D eigenvalue weighted by Gasteiger charge is 2.23. The van der Waals surface area contributed by atoms with Crippen molar-refractivity contribution in [1.82, 2.24) is 9.80 Å². The van der Waals surface area contributed by atoms with E-state index >= 15 is 0 Å². The Morgan fingerprint density at radius 3 is 2.28 bits per heavy atom. The van der Waals surface area contributed by atoms with Crippen molar-refractivity contribution < 1.29 is 4.79 Å². The molecule has 0 unspecified atom stereocenters. The van der Waals surface area contributed by atoms with Crippen LogP contribution in [0, 0.1) is 5.92 Å². The van der Waals surface area contributed by atoms with Gasteiger partial charge in [0, 0.05) is 38.4 Å². The Balaban J connectivity index is 1.69. The molecular formula is C21H27N3O. The lowest BCUT2D eigenvalue weighted by Crippen LogP contribution is -2.49. The second-order valence-electron chi connectivity index (χ2n) is 7.02. The maximum Gasteiger partial charge on any atom is 0.256 e. The van der Waals surface area contributed by atoms with E-state index < -0.39 is 0 Å². The van der Waals surface area contributed by atoms with Crippen LogP contribution in [0.15, 0.2) is 54.6 Å². The number of nitrogens with zero attached hydrogens (tertiary/aromatic N) is 2. The molecule has 132 valence electrons. The number of amides is 1. The molecule has 2 aromatic carbocycles. The zero-order valence-corrected chi connectivity index (χ0v) is 15.1. The van der Waals surface area contributed by atoms with Crippen molar-refractivity contribution in [3.63, 3.8) is 0 Å². The van der Waals surface area contributed by atoms with Gasteiger partial charge < -0.3 is 10.2 Å². The van der Waals surface area contributed by atoms with Crippen molar-refractivity contribution in [2.45, 2.75) is 13.8 Å². The highest BCUT2D eigenvalue weighted by atomic mass is 16.2. The molecule has 1 N–H and O–H groups in total. The summed E-state index contributed by atoms with van der Waals surface area (Å²) in [5, 5.41) is 3.37. The zero-order chi connectivity index (χ0) is 17.6. The summed E-state index contributed by atoms with van der Waals surface area (Å²) in [5.41, 5.74) is 2.59. The highest BCUT2D eigenvalue weighted by molar-refractivity contribution is 6.00. The number of carbonyl (C=O) groups is 1. The lowest BCUT2D eigenvalue weighted by atomic mass is 10.1. The molecule has 1 fully saturated rings. The molecule has 4 nitrogen and oxygen atoms in total. The molecule has 1 aliphatic rings. The summed E-state index contributed by atoms with van der Waals surface area (Å²) >= 11 is 0. The third kappa shape index (κ3) is 4.60. The molecule has 1 saturated heterocycles. The number of anilines is 2. The van der Waals surface area contributed by atoms with Gasteiger partial charge in [0.1, 0.15) is 0 Å². The molecule has 0 aliphatic carbocycles. The summed E-state index contributed by atoms with van der Waals surface area (Å²) in [4.78, 5) is 17.4. The number of nitrogens with one attached hydrogen (secondary N) is 1. The van der Waals surface area contributed by atoms with Crippen LogP contribution >= 0.6 is 0 Å². The predicted molar refractivity (Wildman–Crippen MR) is 103 cm³/mol. The standard InChI is InChI=1S/C21H27N3O/c1-17(2)16-23-12-14-24(15-13-23)21(25)19-10-6-7-11-20(19)22-18-8-4-3-5-9-18/h3-11,17,22H,12-16H2,1-2H3. The van der Waals surface area contributed by atoms with Crippen molar-refractivity contribution in [2.75, 3.05) is 38.0 Å². The first kappa shape index (κ1) is 17.5. The smallest absolute Gasteiger partial charge is 0.256 e. The lowest BCUT2D eigenvalue weighted by molar-refractivity contribution is 0.0625. The van der Waals surface area contributed by atoms with Crippen LogP contribution in [0.1, 0.15) is 24.2 Å². The van der Waals surface area contributed by atoms with E-state index in [-0.39, 0.29) is 5.91 Å². The number of benzene rings is 2. The molecule has 4 heteroatoms. The molecule has 1 heterocycles. The van der Waals surface area contributed by atoms with Crippen LogP contribution in [0.2, 0.25) is 0 Å². The van der Waals surface area contributed by atoms with Crippen molar-refractivity contribution in [3.8, 4) is 0 Å². The quantitative estimate of drug-likeness (QED) is 0.900. The second-order valence-corrected chi connectivity index (χ2v) is 7.02. The van der Waals surface area contributed by atoms with Crippen molar-refractivity contribution in [1.29, 1.82) is 0 Å². The number of hydrogen-bond donors (Lipinski definition) is 1. The minimum Gasteiger partial charge on any atom is -0.355 e. The van der Waals surface area contributed by atoms with Gasteiger partial charge in [-0.2, -0.15) is 0 Å². The summed E-state index contributed by atoms with van der Waals surface area (Å²) in [6.45, 7) is 9.09. The molecule has 0 atom stereocenters. The van der Waals surface area contributed by atoms with Gasteiger partial charge in [-0.15, -0.1) is 0 Å². The van der Waals surface area contributed by atoms with E-state index in [0.717, 1.165) is 49.7 Å². The van der Waals surface area contributed by atoms with Crippen LogP contribution in [-0.2, 0) is 0 Å². The molecule has 0 saturated carbocycles. The van der Waals surface area contributed by atoms with Crippen molar-refractivity contribution in [2.24, 2.45) is 5.92 Å². The third-order valence-electron chi connectivity index (χ3n) is 4.49. The van der Waals surface area contributed by atoms with E-state index in [1.807, 2.05) is 59.5 Å². The van der Waals surface area contributed by atoms with E-state index in [0.29, 0.717) is 5.92 Å². The van der Waals surface area contributed by atoms with Crippen molar-refractivity contribution in [3.05, 3.63) is 60.2 Å². The van der Waals surface area contributed by atoms with E-state index in [2.05, 4.69) is 24.1 Å². The second kappa shape index (κ2) is 8.17. The number of hydrogen-bond acceptors (Lipinski definition) is 3. The van der Waals surface area contributed by atoms with Crippen LogP contribution in [0.4, 0.5) is 11.4 Å². The third-order valence-corrected chi connectivity index (χ3v) is 4.49. The monoisotopic (exact) mass is 337 g/mol. The Bertz CT molecular complexity index is 691. The number of carbonyl (C=O) groups excluding carboxylic acids is 1. The van der Waals surface area contributed by atoms with Crippen LogP contribution in [-0.4, -0.2) is 48.4 Å². The summed E-state index contributed by atoms with van der Waals surface area (Å²) in [5.74, 6) is 0.779. The molecule has 2 aromatic rings. The maximum atomic E-state index is 13.0. The van der Waals surface area contributed by atoms with Gasteiger partial charge >= 0.3 is 0 Å². The Labute approximate surface area is 150 Å². The summed E-state index contributed by atoms with van der Waals surface area (Å²) in [6.07, 6.45) is 0. The molecule has 0 radical (unpaired) electrons. The molecule has 0 aromatic heterocycles. The molecule has 3 rings (SSSR count). The van der Waals surface area contributed by atoms with Crippen molar-refractivity contribution >= 4 is 17.3 Å². The topological polar surface area (TPSA) is 35.6 Å². The fourth-order valence-corrected chi connectivity index (χ4v) is 3.28. The summed E-state index contributed by atoms with van der Waals surface area (Å²) in [7, 11) is 0. The summed E-state index contributed by atoms with van der Waals surface area (Å²) < 4.78 is 0. The minimum absolute atomic E-state index is 0.114. The minimum atomic E-state index is 0.114. The number of rotatable bonds is 5. The molecule has 0 spiro atoms. The molecule has 0 bridgehead atoms. The van der Waals surface area contributed by atoms with Gasteiger partial charge in [0.25, 0.3) is 5.91 Å². The normalized spacial score (nSPS) is 15.4. The van der Waals surface area contributed by atoms with E-state index in [4.69, 9.17) is 0 Å². The highest BCUT2D eigenvalue weighted by Crippen LogP contribution is 2.22. The Hall–Kier alpha value is -2.33. The zero-order valence-electron chi connectivity index (χ0n) is 15.1. The van der Waals surface area contributed by atoms with Gasteiger partial charge in [0.05, 0.1) is 11.3 Å². The first-order valence-corrected chi connectivity index (χ1v) is 9.06. The van der Waals surface area contributed by atoms with E-state index in [1.54, 1.807) is 0 Å². The fraction of sp³-hybridized carbons (Fsp3) is 0.381. The lowest BCUT2D eigenvalue weighted by Gasteiger charge is -2.35. The average molecular weight is 337 g/mol.